The van der Waals surface area contributed by atoms with E-state index in [4.69, 9.17) is 5.73 Å². The Kier molecular flexibility index (Phi) is 4.31. The smallest absolute Gasteiger partial charge is 0.0735 e. The van der Waals surface area contributed by atoms with Crippen molar-refractivity contribution in [2.75, 3.05) is 6.54 Å². The second-order valence-electron chi connectivity index (χ2n) is 7.08. The van der Waals surface area contributed by atoms with E-state index in [1.54, 1.807) is 0 Å². The standard InChI is InChI=1S/C15H31NO/c1-6-15(17,12(2)3)14(11-16)9-7-13(4,5)8-10-14/h12,17H,6-11,16H2,1-5H3. The first-order valence-electron chi connectivity index (χ1n) is 7.15. The van der Waals surface area contributed by atoms with Crippen molar-refractivity contribution in [3.8, 4) is 0 Å². The summed E-state index contributed by atoms with van der Waals surface area (Å²) < 4.78 is 0. The molecule has 0 radical (unpaired) electrons. The molecule has 2 heteroatoms. The summed E-state index contributed by atoms with van der Waals surface area (Å²) in [5.74, 6) is 0.275. The molecule has 1 aliphatic carbocycles. The van der Waals surface area contributed by atoms with Crippen LogP contribution in [0.5, 0.6) is 0 Å². The number of hydrogen-bond donors (Lipinski definition) is 2. The number of rotatable bonds is 4. The third-order valence-electron chi connectivity index (χ3n) is 5.36. The lowest BCUT2D eigenvalue weighted by molar-refractivity contribution is -0.142. The molecule has 0 aromatic carbocycles. The van der Waals surface area contributed by atoms with Gasteiger partial charge in [0.2, 0.25) is 0 Å². The van der Waals surface area contributed by atoms with Crippen molar-refractivity contribution in [1.29, 1.82) is 0 Å². The molecule has 0 saturated heterocycles. The third-order valence-corrected chi connectivity index (χ3v) is 5.36. The molecule has 0 spiro atoms. The van der Waals surface area contributed by atoms with Crippen LogP contribution in [0, 0.1) is 16.7 Å². The van der Waals surface area contributed by atoms with Crippen molar-refractivity contribution in [3.05, 3.63) is 0 Å². The zero-order valence-electron chi connectivity index (χ0n) is 12.3. The van der Waals surface area contributed by atoms with Crippen LogP contribution in [0.25, 0.3) is 0 Å². The normalized spacial score (nSPS) is 26.8. The second-order valence-corrected chi connectivity index (χ2v) is 7.08. The molecule has 2 nitrogen and oxygen atoms in total. The van der Waals surface area contributed by atoms with Crippen LogP contribution in [0.15, 0.2) is 0 Å². The largest absolute Gasteiger partial charge is 0.389 e. The minimum absolute atomic E-state index is 0.0641. The van der Waals surface area contributed by atoms with Crippen LogP contribution in [0.1, 0.15) is 66.7 Å². The van der Waals surface area contributed by atoms with Crippen molar-refractivity contribution in [3.63, 3.8) is 0 Å². The van der Waals surface area contributed by atoms with Crippen LogP contribution in [0.2, 0.25) is 0 Å². The second kappa shape index (κ2) is 4.89. The SMILES string of the molecule is CCC(O)(C(C)C)C1(CN)CCC(C)(C)CC1. The van der Waals surface area contributed by atoms with Crippen LogP contribution in [-0.2, 0) is 0 Å². The van der Waals surface area contributed by atoms with E-state index < -0.39 is 5.60 Å². The fraction of sp³-hybridized carbons (Fsp3) is 1.00. The van der Waals surface area contributed by atoms with Gasteiger partial charge in [0.25, 0.3) is 0 Å². The van der Waals surface area contributed by atoms with Crippen LogP contribution < -0.4 is 5.73 Å². The number of aliphatic hydroxyl groups is 1. The number of hydrogen-bond acceptors (Lipinski definition) is 2. The molecule has 17 heavy (non-hydrogen) atoms. The van der Waals surface area contributed by atoms with Crippen LogP contribution in [0.4, 0.5) is 0 Å². The molecule has 102 valence electrons. The van der Waals surface area contributed by atoms with Gasteiger partial charge in [-0.05, 0) is 43.4 Å². The highest BCUT2D eigenvalue weighted by Gasteiger charge is 2.52. The third kappa shape index (κ3) is 2.53. The van der Waals surface area contributed by atoms with Crippen molar-refractivity contribution in [2.45, 2.75) is 72.3 Å². The molecule has 1 unspecified atom stereocenters. The van der Waals surface area contributed by atoms with Gasteiger partial charge in [-0.15, -0.1) is 0 Å². The molecule has 0 aromatic rings. The Morgan fingerprint density at radius 2 is 1.65 bits per heavy atom. The molecule has 3 N–H and O–H groups in total. The molecule has 0 aromatic heterocycles. The lowest BCUT2D eigenvalue weighted by Gasteiger charge is -2.54. The van der Waals surface area contributed by atoms with E-state index in [-0.39, 0.29) is 11.3 Å². The highest BCUT2D eigenvalue weighted by atomic mass is 16.3. The van der Waals surface area contributed by atoms with Crippen LogP contribution >= 0.6 is 0 Å². The van der Waals surface area contributed by atoms with Crippen molar-refractivity contribution >= 4 is 0 Å². The molecule has 1 atom stereocenters. The van der Waals surface area contributed by atoms with Gasteiger partial charge in [0.15, 0.2) is 0 Å². The maximum absolute atomic E-state index is 11.1. The molecule has 0 bridgehead atoms. The molecule has 1 saturated carbocycles. The molecule has 1 aliphatic rings. The summed E-state index contributed by atoms with van der Waals surface area (Å²) in [5, 5.41) is 11.1. The summed E-state index contributed by atoms with van der Waals surface area (Å²) >= 11 is 0. The molecule has 1 fully saturated rings. The van der Waals surface area contributed by atoms with Gasteiger partial charge in [-0.2, -0.15) is 0 Å². The Hall–Kier alpha value is -0.0800. The first-order valence-corrected chi connectivity index (χ1v) is 7.15. The Bertz CT molecular complexity index is 250. The Morgan fingerprint density at radius 3 is 1.94 bits per heavy atom. The molecule has 0 aliphatic heterocycles. The van der Waals surface area contributed by atoms with E-state index in [0.29, 0.717) is 12.0 Å². The van der Waals surface area contributed by atoms with Gasteiger partial charge >= 0.3 is 0 Å². The highest BCUT2D eigenvalue weighted by Crippen LogP contribution is 2.53. The van der Waals surface area contributed by atoms with Crippen LogP contribution in [0.3, 0.4) is 0 Å². The first-order chi connectivity index (χ1) is 7.73. The molecular weight excluding hydrogens is 210 g/mol. The average molecular weight is 241 g/mol. The van der Waals surface area contributed by atoms with Crippen molar-refractivity contribution in [2.24, 2.45) is 22.5 Å². The lowest BCUT2D eigenvalue weighted by atomic mass is 9.55. The summed E-state index contributed by atoms with van der Waals surface area (Å²) in [6, 6.07) is 0. The zero-order valence-corrected chi connectivity index (χ0v) is 12.3. The molecule has 0 heterocycles. The molecule has 1 rings (SSSR count). The van der Waals surface area contributed by atoms with E-state index >= 15 is 0 Å². The van der Waals surface area contributed by atoms with Gasteiger partial charge in [-0.3, -0.25) is 0 Å². The Morgan fingerprint density at radius 1 is 1.18 bits per heavy atom. The lowest BCUT2D eigenvalue weighted by Crippen LogP contribution is -2.57. The van der Waals surface area contributed by atoms with Gasteiger partial charge in [0.1, 0.15) is 0 Å². The Balaban J connectivity index is 2.97. The van der Waals surface area contributed by atoms with E-state index in [0.717, 1.165) is 19.3 Å². The predicted octanol–water partition coefficient (Wildman–Crippen LogP) is 3.33. The molecule has 0 amide bonds. The minimum atomic E-state index is -0.599. The minimum Gasteiger partial charge on any atom is -0.389 e. The van der Waals surface area contributed by atoms with E-state index in [1.807, 2.05) is 0 Å². The number of nitrogens with two attached hydrogens (primary N) is 1. The monoisotopic (exact) mass is 241 g/mol. The van der Waals surface area contributed by atoms with Crippen molar-refractivity contribution < 1.29 is 5.11 Å². The van der Waals surface area contributed by atoms with Crippen molar-refractivity contribution in [1.82, 2.24) is 0 Å². The van der Waals surface area contributed by atoms with E-state index in [9.17, 15) is 5.11 Å². The molecular formula is C15H31NO. The van der Waals surface area contributed by atoms with Gasteiger partial charge in [0.05, 0.1) is 5.60 Å². The Labute approximate surface area is 107 Å². The van der Waals surface area contributed by atoms with Gasteiger partial charge in [-0.1, -0.05) is 34.6 Å². The van der Waals surface area contributed by atoms with E-state index in [2.05, 4.69) is 34.6 Å². The summed E-state index contributed by atoms with van der Waals surface area (Å²) in [6.45, 7) is 11.6. The first kappa shape index (κ1) is 15.0. The maximum atomic E-state index is 11.1. The van der Waals surface area contributed by atoms with Crippen LogP contribution in [-0.4, -0.2) is 17.3 Å². The fourth-order valence-electron chi connectivity index (χ4n) is 3.61. The zero-order chi connectivity index (χ0) is 13.3. The average Bonchev–Trinajstić information content (AvgIpc) is 2.28. The van der Waals surface area contributed by atoms with Gasteiger partial charge in [0, 0.05) is 12.0 Å². The van der Waals surface area contributed by atoms with Gasteiger partial charge < -0.3 is 10.8 Å². The quantitative estimate of drug-likeness (QED) is 0.793. The predicted molar refractivity (Wildman–Crippen MR) is 73.8 cm³/mol. The summed E-state index contributed by atoms with van der Waals surface area (Å²) in [4.78, 5) is 0. The summed E-state index contributed by atoms with van der Waals surface area (Å²) in [6.07, 6.45) is 5.30. The fourth-order valence-corrected chi connectivity index (χ4v) is 3.61. The summed E-state index contributed by atoms with van der Waals surface area (Å²) in [5.41, 5.74) is 5.82. The maximum Gasteiger partial charge on any atom is 0.0735 e. The summed E-state index contributed by atoms with van der Waals surface area (Å²) in [7, 11) is 0. The topological polar surface area (TPSA) is 46.2 Å². The van der Waals surface area contributed by atoms with Gasteiger partial charge in [-0.25, -0.2) is 0 Å². The van der Waals surface area contributed by atoms with E-state index in [1.165, 1.54) is 12.8 Å². The highest BCUT2D eigenvalue weighted by molar-refractivity contribution is 5.04.